The van der Waals surface area contributed by atoms with E-state index in [0.717, 1.165) is 18.3 Å². The van der Waals surface area contributed by atoms with Crippen LogP contribution >= 0.6 is 0 Å². The van der Waals surface area contributed by atoms with Crippen molar-refractivity contribution in [1.82, 2.24) is 25.7 Å². The average molecular weight is 539 g/mol. The summed E-state index contributed by atoms with van der Waals surface area (Å²) in [4.78, 5) is 38.0. The van der Waals surface area contributed by atoms with Gasteiger partial charge in [-0.15, -0.1) is 0 Å². The molecule has 1 atom stereocenters. The summed E-state index contributed by atoms with van der Waals surface area (Å²) < 4.78 is 78.2. The maximum absolute atomic E-state index is 13.2. The molecule has 3 aromatic rings. The third kappa shape index (κ3) is 5.19. The molecule has 0 spiro atoms. The number of nitrogens with one attached hydrogen (secondary N) is 3. The number of carbonyl (C=O) groups is 3. The van der Waals surface area contributed by atoms with Crippen molar-refractivity contribution < 1.29 is 40.7 Å². The zero-order valence-corrected chi connectivity index (χ0v) is 19.5. The number of nitrogens with zero attached hydrogens (tertiary/aromatic N) is 2. The van der Waals surface area contributed by atoms with E-state index in [9.17, 15) is 40.7 Å². The number of amides is 4. The van der Waals surface area contributed by atoms with Gasteiger partial charge >= 0.3 is 18.4 Å². The standard InChI is InChI=1S/C24H19F6N5O3/c1-13-18(10-32-35(13)12-23(25,26)27)22(20(37)33-21(38)34-22)11-31-19(36)17-5-3-2-4-16(17)14-6-8-15(9-7-14)24(28,29)30/h2-10H,11-12H2,1H3,(H,31,36)(H2,33,34,37,38). The zero-order valence-electron chi connectivity index (χ0n) is 19.5. The number of carbonyl (C=O) groups excluding carboxylic acids is 3. The van der Waals surface area contributed by atoms with Crippen LogP contribution in [0.5, 0.6) is 0 Å². The van der Waals surface area contributed by atoms with Gasteiger partial charge in [-0.2, -0.15) is 31.4 Å². The van der Waals surface area contributed by atoms with Crippen molar-refractivity contribution >= 4 is 17.8 Å². The summed E-state index contributed by atoms with van der Waals surface area (Å²) in [5.41, 5.74) is -2.27. The predicted octanol–water partition coefficient (Wildman–Crippen LogP) is 3.90. The Morgan fingerprint density at radius 3 is 2.26 bits per heavy atom. The Morgan fingerprint density at radius 1 is 1.03 bits per heavy atom. The molecule has 38 heavy (non-hydrogen) atoms. The summed E-state index contributed by atoms with van der Waals surface area (Å²) in [7, 11) is 0. The van der Waals surface area contributed by atoms with E-state index in [2.05, 4.69) is 15.7 Å². The Kier molecular flexibility index (Phi) is 6.68. The van der Waals surface area contributed by atoms with Gasteiger partial charge in [0, 0.05) is 16.8 Å². The van der Waals surface area contributed by atoms with E-state index in [0.29, 0.717) is 15.8 Å². The molecule has 2 aromatic carbocycles. The summed E-state index contributed by atoms with van der Waals surface area (Å²) in [6.45, 7) is -0.698. The van der Waals surface area contributed by atoms with Crippen molar-refractivity contribution in [2.24, 2.45) is 0 Å². The summed E-state index contributed by atoms with van der Waals surface area (Å²) in [5.74, 6) is -1.65. The molecule has 0 saturated carbocycles. The number of halogens is 6. The van der Waals surface area contributed by atoms with E-state index in [1.54, 1.807) is 6.07 Å². The van der Waals surface area contributed by atoms with Gasteiger partial charge in [-0.05, 0) is 36.2 Å². The second-order valence-corrected chi connectivity index (χ2v) is 8.53. The highest BCUT2D eigenvalue weighted by atomic mass is 19.4. The number of aromatic nitrogens is 2. The highest BCUT2D eigenvalue weighted by Crippen LogP contribution is 2.32. The van der Waals surface area contributed by atoms with Crippen molar-refractivity contribution in [3.05, 3.63) is 77.1 Å². The van der Waals surface area contributed by atoms with Crippen LogP contribution in [0.1, 0.15) is 27.2 Å². The van der Waals surface area contributed by atoms with E-state index in [1.807, 2.05) is 5.32 Å². The first-order valence-corrected chi connectivity index (χ1v) is 11.0. The molecule has 4 amide bonds. The first kappa shape index (κ1) is 26.7. The van der Waals surface area contributed by atoms with Crippen LogP contribution in [0.3, 0.4) is 0 Å². The summed E-state index contributed by atoms with van der Waals surface area (Å²) >= 11 is 0. The molecular weight excluding hydrogens is 520 g/mol. The third-order valence-corrected chi connectivity index (χ3v) is 6.04. The molecule has 3 N–H and O–H groups in total. The molecule has 14 heteroatoms. The van der Waals surface area contributed by atoms with E-state index >= 15 is 0 Å². The monoisotopic (exact) mass is 539 g/mol. The smallest absolute Gasteiger partial charge is 0.349 e. The minimum absolute atomic E-state index is 0.0524. The number of imide groups is 1. The van der Waals surface area contributed by atoms with Crippen molar-refractivity contribution in [3.63, 3.8) is 0 Å². The van der Waals surface area contributed by atoms with Crippen molar-refractivity contribution in [2.75, 3.05) is 6.54 Å². The minimum atomic E-state index is -4.60. The number of benzene rings is 2. The van der Waals surface area contributed by atoms with Crippen LogP contribution in [0.4, 0.5) is 31.1 Å². The number of hydrogen-bond acceptors (Lipinski definition) is 4. The molecule has 0 aliphatic carbocycles. The second-order valence-electron chi connectivity index (χ2n) is 8.53. The van der Waals surface area contributed by atoms with E-state index in [4.69, 9.17) is 0 Å². The van der Waals surface area contributed by atoms with Crippen LogP contribution in [-0.4, -0.2) is 40.3 Å². The lowest BCUT2D eigenvalue weighted by Gasteiger charge is -2.26. The first-order chi connectivity index (χ1) is 17.7. The third-order valence-electron chi connectivity index (χ3n) is 6.04. The molecule has 8 nitrogen and oxygen atoms in total. The molecular formula is C24H19F6N5O3. The maximum atomic E-state index is 13.2. The van der Waals surface area contributed by atoms with E-state index in [1.165, 1.54) is 37.3 Å². The SMILES string of the molecule is Cc1c(C2(CNC(=O)c3ccccc3-c3ccc(C(F)(F)F)cc3)NC(=O)NC2=O)cnn1CC(F)(F)F. The van der Waals surface area contributed by atoms with Crippen LogP contribution in [0.15, 0.2) is 54.7 Å². The second kappa shape index (κ2) is 9.50. The van der Waals surface area contributed by atoms with E-state index in [-0.39, 0.29) is 16.8 Å². The largest absolute Gasteiger partial charge is 0.416 e. The van der Waals surface area contributed by atoms with Gasteiger partial charge in [0.2, 0.25) is 0 Å². The lowest BCUT2D eigenvalue weighted by Crippen LogP contribution is -2.52. The molecule has 1 aromatic heterocycles. The Morgan fingerprint density at radius 2 is 1.68 bits per heavy atom. The highest BCUT2D eigenvalue weighted by molar-refractivity contribution is 6.08. The van der Waals surface area contributed by atoms with E-state index < -0.39 is 54.4 Å². The molecule has 1 saturated heterocycles. The molecule has 0 bridgehead atoms. The number of rotatable bonds is 6. The van der Waals surface area contributed by atoms with Gasteiger partial charge < -0.3 is 10.6 Å². The Hall–Kier alpha value is -4.36. The van der Waals surface area contributed by atoms with Gasteiger partial charge in [0.1, 0.15) is 6.54 Å². The van der Waals surface area contributed by atoms with Crippen LogP contribution in [-0.2, 0) is 23.1 Å². The van der Waals surface area contributed by atoms with Gasteiger partial charge in [-0.25, -0.2) is 4.79 Å². The van der Waals surface area contributed by atoms with Crippen molar-refractivity contribution in [2.45, 2.75) is 31.4 Å². The topological polar surface area (TPSA) is 105 Å². The maximum Gasteiger partial charge on any atom is 0.416 e. The van der Waals surface area contributed by atoms with Crippen LogP contribution < -0.4 is 16.0 Å². The van der Waals surface area contributed by atoms with Crippen molar-refractivity contribution in [3.8, 4) is 11.1 Å². The fourth-order valence-electron chi connectivity index (χ4n) is 4.18. The summed E-state index contributed by atoms with van der Waals surface area (Å²) in [5, 5.41) is 10.6. The quantitative estimate of drug-likeness (QED) is 0.327. The highest BCUT2D eigenvalue weighted by Gasteiger charge is 2.50. The Bertz CT molecular complexity index is 1400. The Balaban J connectivity index is 1.63. The van der Waals surface area contributed by atoms with Gasteiger partial charge in [0.15, 0.2) is 5.54 Å². The van der Waals surface area contributed by atoms with Crippen LogP contribution in [0.25, 0.3) is 11.1 Å². The fourth-order valence-corrected chi connectivity index (χ4v) is 4.18. The van der Waals surface area contributed by atoms with Crippen molar-refractivity contribution in [1.29, 1.82) is 0 Å². The Labute approximate surface area is 211 Å². The molecule has 2 heterocycles. The lowest BCUT2D eigenvalue weighted by atomic mass is 9.90. The zero-order chi connectivity index (χ0) is 27.9. The summed E-state index contributed by atoms with van der Waals surface area (Å²) in [6, 6.07) is 9.27. The van der Waals surface area contributed by atoms with Crippen LogP contribution in [0.2, 0.25) is 0 Å². The van der Waals surface area contributed by atoms with Gasteiger partial charge in [-0.3, -0.25) is 19.6 Å². The lowest BCUT2D eigenvalue weighted by molar-refractivity contribution is -0.143. The van der Waals surface area contributed by atoms with Crippen LogP contribution in [0, 0.1) is 6.92 Å². The van der Waals surface area contributed by atoms with Gasteiger partial charge in [-0.1, -0.05) is 30.3 Å². The number of hydrogen-bond donors (Lipinski definition) is 3. The van der Waals surface area contributed by atoms with Gasteiger partial charge in [0.05, 0.1) is 18.3 Å². The molecule has 1 unspecified atom stereocenters. The number of urea groups is 1. The fraction of sp³-hybridized carbons (Fsp3) is 0.250. The molecule has 0 radical (unpaired) electrons. The number of alkyl halides is 6. The van der Waals surface area contributed by atoms with Gasteiger partial charge in [0.25, 0.3) is 11.8 Å². The molecule has 1 fully saturated rings. The predicted molar refractivity (Wildman–Crippen MR) is 121 cm³/mol. The molecule has 1 aliphatic heterocycles. The average Bonchev–Trinajstić information content (AvgIpc) is 3.34. The first-order valence-electron chi connectivity index (χ1n) is 11.0. The molecule has 1 aliphatic rings. The normalized spacial score (nSPS) is 17.8. The molecule has 4 rings (SSSR count). The molecule has 200 valence electrons. The minimum Gasteiger partial charge on any atom is -0.349 e. The summed E-state index contributed by atoms with van der Waals surface area (Å²) in [6.07, 6.45) is -8.13.